The lowest BCUT2D eigenvalue weighted by Gasteiger charge is -2.20. The number of nitrogens with zero attached hydrogens (tertiary/aromatic N) is 1. The number of methoxy groups -OCH3 is 2. The molecule has 7 nitrogen and oxygen atoms in total. The molecule has 0 spiro atoms. The van der Waals surface area contributed by atoms with Gasteiger partial charge in [0.05, 0.1) is 14.2 Å². The van der Waals surface area contributed by atoms with Crippen LogP contribution in [0.5, 0.6) is 11.5 Å². The van der Waals surface area contributed by atoms with E-state index in [1.165, 1.54) is 0 Å². The van der Waals surface area contributed by atoms with E-state index in [1.807, 2.05) is 18.2 Å². The van der Waals surface area contributed by atoms with Gasteiger partial charge in [-0.2, -0.15) is 0 Å². The number of benzene rings is 2. The molecular weight excluding hydrogens is 372 g/mol. The maximum Gasteiger partial charge on any atom is 0.253 e. The minimum Gasteiger partial charge on any atom is -0.493 e. The number of carbonyl (C=O) groups is 2. The van der Waals surface area contributed by atoms with Gasteiger partial charge in [0, 0.05) is 37.0 Å². The summed E-state index contributed by atoms with van der Waals surface area (Å²) in [6, 6.07) is 12.5. The molecule has 154 valence electrons. The Balaban J connectivity index is 1.71. The van der Waals surface area contributed by atoms with E-state index in [2.05, 4.69) is 5.32 Å². The zero-order valence-corrected chi connectivity index (χ0v) is 16.9. The molecule has 1 aliphatic heterocycles. The molecule has 1 atom stereocenters. The Bertz CT molecular complexity index is 877. The van der Waals surface area contributed by atoms with E-state index >= 15 is 0 Å². The monoisotopic (exact) mass is 398 g/mol. The van der Waals surface area contributed by atoms with Crippen LogP contribution in [0.2, 0.25) is 0 Å². The van der Waals surface area contributed by atoms with E-state index in [-0.39, 0.29) is 11.8 Å². The normalized spacial score (nSPS) is 15.6. The van der Waals surface area contributed by atoms with Crippen molar-refractivity contribution in [3.05, 3.63) is 53.6 Å². The van der Waals surface area contributed by atoms with Crippen LogP contribution in [0.4, 0.5) is 5.69 Å². The van der Waals surface area contributed by atoms with Crippen molar-refractivity contribution in [2.75, 3.05) is 33.2 Å². The van der Waals surface area contributed by atoms with E-state index in [0.717, 1.165) is 18.4 Å². The van der Waals surface area contributed by atoms with Crippen LogP contribution in [0.25, 0.3) is 0 Å². The molecule has 2 aromatic carbocycles. The van der Waals surface area contributed by atoms with Gasteiger partial charge in [0.15, 0.2) is 11.5 Å². The molecular formula is C22H26N2O5. The number of amides is 2. The van der Waals surface area contributed by atoms with Crippen LogP contribution in [0.1, 0.15) is 28.8 Å². The summed E-state index contributed by atoms with van der Waals surface area (Å²) in [6.45, 7) is 0.959. The van der Waals surface area contributed by atoms with E-state index < -0.39 is 6.10 Å². The highest BCUT2D eigenvalue weighted by molar-refractivity contribution is 5.98. The molecule has 0 unspecified atom stereocenters. The van der Waals surface area contributed by atoms with Crippen molar-refractivity contribution in [1.29, 1.82) is 0 Å². The predicted molar refractivity (Wildman–Crippen MR) is 109 cm³/mol. The van der Waals surface area contributed by atoms with Gasteiger partial charge in [-0.1, -0.05) is 18.2 Å². The van der Waals surface area contributed by atoms with Gasteiger partial charge >= 0.3 is 0 Å². The largest absolute Gasteiger partial charge is 0.493 e. The Labute approximate surface area is 170 Å². The number of para-hydroxylation sites is 1. The molecule has 1 saturated heterocycles. The third kappa shape index (κ3) is 4.86. The number of rotatable bonds is 7. The fourth-order valence-corrected chi connectivity index (χ4v) is 3.36. The lowest BCUT2D eigenvalue weighted by Crippen LogP contribution is -2.28. The molecule has 0 saturated carbocycles. The summed E-state index contributed by atoms with van der Waals surface area (Å²) in [5.74, 6) is 0.876. The van der Waals surface area contributed by atoms with Gasteiger partial charge < -0.3 is 24.4 Å². The maximum atomic E-state index is 12.9. The highest BCUT2D eigenvalue weighted by atomic mass is 16.5. The average molecular weight is 398 g/mol. The van der Waals surface area contributed by atoms with Crippen molar-refractivity contribution in [3.63, 3.8) is 0 Å². The fraction of sp³-hybridized carbons (Fsp3) is 0.364. The zero-order chi connectivity index (χ0) is 20.8. The second-order valence-corrected chi connectivity index (χ2v) is 6.89. The van der Waals surface area contributed by atoms with Gasteiger partial charge in [-0.05, 0) is 37.1 Å². The third-order valence-corrected chi connectivity index (χ3v) is 4.84. The standard InChI is InChI=1S/C22H26N2O5/c1-24(14-16-8-5-10-18(27-2)20(16)28-3)22(26)15-7-4-9-17(13-15)23-21(25)19-11-6-12-29-19/h4-5,7-10,13,19H,6,11-12,14H2,1-3H3,(H,23,25)/t19-/m1/s1. The lowest BCUT2D eigenvalue weighted by atomic mass is 10.1. The summed E-state index contributed by atoms with van der Waals surface area (Å²) in [6.07, 6.45) is 1.18. The van der Waals surface area contributed by atoms with Gasteiger partial charge in [-0.15, -0.1) is 0 Å². The number of anilines is 1. The van der Waals surface area contributed by atoms with Crippen LogP contribution in [0.3, 0.4) is 0 Å². The molecule has 0 aliphatic carbocycles. The minimum atomic E-state index is -0.419. The van der Waals surface area contributed by atoms with Gasteiger partial charge in [0.25, 0.3) is 11.8 Å². The van der Waals surface area contributed by atoms with Crippen LogP contribution in [0, 0.1) is 0 Å². The number of hydrogen-bond acceptors (Lipinski definition) is 5. The molecule has 7 heteroatoms. The maximum absolute atomic E-state index is 12.9. The Morgan fingerprint density at radius 2 is 1.97 bits per heavy atom. The molecule has 1 aliphatic rings. The molecule has 1 N–H and O–H groups in total. The number of carbonyl (C=O) groups excluding carboxylic acids is 2. The SMILES string of the molecule is COc1cccc(CN(C)C(=O)c2cccc(NC(=O)[C@H]3CCCO3)c2)c1OC. The van der Waals surface area contributed by atoms with Crippen molar-refractivity contribution in [3.8, 4) is 11.5 Å². The molecule has 2 aromatic rings. The minimum absolute atomic E-state index is 0.164. The Morgan fingerprint density at radius 1 is 1.17 bits per heavy atom. The van der Waals surface area contributed by atoms with Gasteiger partial charge in [-0.3, -0.25) is 9.59 Å². The molecule has 0 radical (unpaired) electrons. The first-order chi connectivity index (χ1) is 14.0. The zero-order valence-electron chi connectivity index (χ0n) is 16.9. The molecule has 29 heavy (non-hydrogen) atoms. The van der Waals surface area contributed by atoms with Crippen LogP contribution >= 0.6 is 0 Å². The van der Waals surface area contributed by atoms with E-state index in [0.29, 0.717) is 35.9 Å². The Hall–Kier alpha value is -3.06. The Morgan fingerprint density at radius 3 is 2.66 bits per heavy atom. The van der Waals surface area contributed by atoms with Crippen molar-refractivity contribution in [1.82, 2.24) is 4.90 Å². The smallest absolute Gasteiger partial charge is 0.253 e. The molecule has 0 aromatic heterocycles. The van der Waals surface area contributed by atoms with Crippen molar-refractivity contribution in [2.45, 2.75) is 25.5 Å². The topological polar surface area (TPSA) is 77.1 Å². The lowest BCUT2D eigenvalue weighted by molar-refractivity contribution is -0.124. The highest BCUT2D eigenvalue weighted by Crippen LogP contribution is 2.31. The molecule has 2 amide bonds. The van der Waals surface area contributed by atoms with Gasteiger partial charge in [0.1, 0.15) is 6.10 Å². The van der Waals surface area contributed by atoms with Gasteiger partial charge in [-0.25, -0.2) is 0 Å². The van der Waals surface area contributed by atoms with Gasteiger partial charge in [0.2, 0.25) is 0 Å². The first kappa shape index (κ1) is 20.7. The molecule has 3 rings (SSSR count). The Kier molecular flexibility index (Phi) is 6.72. The fourth-order valence-electron chi connectivity index (χ4n) is 3.36. The van der Waals surface area contributed by atoms with Crippen molar-refractivity contribution >= 4 is 17.5 Å². The second kappa shape index (κ2) is 9.43. The van der Waals surface area contributed by atoms with Crippen molar-refractivity contribution in [2.24, 2.45) is 0 Å². The van der Waals surface area contributed by atoms with E-state index in [9.17, 15) is 9.59 Å². The van der Waals surface area contributed by atoms with Crippen LogP contribution in [0.15, 0.2) is 42.5 Å². The molecule has 1 heterocycles. The van der Waals surface area contributed by atoms with Crippen molar-refractivity contribution < 1.29 is 23.8 Å². The predicted octanol–water partition coefficient (Wildman–Crippen LogP) is 3.09. The summed E-state index contributed by atoms with van der Waals surface area (Å²) in [7, 11) is 4.87. The summed E-state index contributed by atoms with van der Waals surface area (Å²) >= 11 is 0. The first-order valence-electron chi connectivity index (χ1n) is 9.51. The summed E-state index contributed by atoms with van der Waals surface area (Å²) in [5, 5.41) is 2.83. The van der Waals surface area contributed by atoms with E-state index in [1.54, 1.807) is 50.4 Å². The quantitative estimate of drug-likeness (QED) is 0.776. The van der Waals surface area contributed by atoms with Crippen LogP contribution in [-0.4, -0.2) is 50.7 Å². The highest BCUT2D eigenvalue weighted by Gasteiger charge is 2.24. The van der Waals surface area contributed by atoms with Crippen LogP contribution < -0.4 is 14.8 Å². The second-order valence-electron chi connectivity index (χ2n) is 6.89. The third-order valence-electron chi connectivity index (χ3n) is 4.84. The molecule has 1 fully saturated rings. The van der Waals surface area contributed by atoms with Crippen LogP contribution in [-0.2, 0) is 16.1 Å². The number of hydrogen-bond donors (Lipinski definition) is 1. The number of nitrogens with one attached hydrogen (secondary N) is 1. The summed E-state index contributed by atoms with van der Waals surface area (Å²) in [5.41, 5.74) is 1.90. The summed E-state index contributed by atoms with van der Waals surface area (Å²) in [4.78, 5) is 26.8. The van der Waals surface area contributed by atoms with E-state index in [4.69, 9.17) is 14.2 Å². The summed E-state index contributed by atoms with van der Waals surface area (Å²) < 4.78 is 16.2. The molecule has 0 bridgehead atoms. The number of ether oxygens (including phenoxy) is 3. The average Bonchev–Trinajstić information content (AvgIpc) is 3.28. The first-order valence-corrected chi connectivity index (χ1v) is 9.51.